The van der Waals surface area contributed by atoms with E-state index in [1.807, 2.05) is 30.3 Å². The molecule has 2 aromatic rings. The van der Waals surface area contributed by atoms with Gasteiger partial charge in [0.25, 0.3) is 0 Å². The van der Waals surface area contributed by atoms with E-state index in [0.29, 0.717) is 17.4 Å². The zero-order valence-electron chi connectivity index (χ0n) is 11.6. The van der Waals surface area contributed by atoms with Gasteiger partial charge in [0.2, 0.25) is 0 Å². The van der Waals surface area contributed by atoms with E-state index in [9.17, 15) is 0 Å². The molecule has 0 bridgehead atoms. The first-order chi connectivity index (χ1) is 9.69. The zero-order chi connectivity index (χ0) is 14.4. The number of pyridine rings is 1. The SMILES string of the molecule is CCC(N)Cc1ccc(OCc2cccnc2)c(Cl)c1. The Morgan fingerprint density at radius 3 is 2.80 bits per heavy atom. The Morgan fingerprint density at radius 1 is 1.30 bits per heavy atom. The van der Waals surface area contributed by atoms with Crippen molar-refractivity contribution < 1.29 is 4.74 Å². The standard InChI is InChI=1S/C16H19ClN2O/c1-2-14(18)8-12-5-6-16(15(17)9-12)20-11-13-4-3-7-19-10-13/h3-7,9-10,14H,2,8,11,18H2,1H3. The Hall–Kier alpha value is -1.58. The fourth-order valence-electron chi connectivity index (χ4n) is 1.88. The van der Waals surface area contributed by atoms with Gasteiger partial charge in [0, 0.05) is 24.0 Å². The molecule has 2 rings (SSSR count). The Morgan fingerprint density at radius 2 is 2.15 bits per heavy atom. The molecule has 3 nitrogen and oxygen atoms in total. The number of nitrogens with zero attached hydrogens (tertiary/aromatic N) is 1. The second-order valence-corrected chi connectivity index (χ2v) is 5.19. The summed E-state index contributed by atoms with van der Waals surface area (Å²) in [5, 5.41) is 0.620. The minimum Gasteiger partial charge on any atom is -0.487 e. The average molecular weight is 291 g/mol. The summed E-state index contributed by atoms with van der Waals surface area (Å²) in [6.07, 6.45) is 5.31. The maximum atomic E-state index is 6.24. The number of benzene rings is 1. The molecule has 0 saturated heterocycles. The second kappa shape index (κ2) is 7.27. The molecule has 1 heterocycles. The lowest BCUT2D eigenvalue weighted by atomic mass is 10.0. The molecule has 0 radical (unpaired) electrons. The van der Waals surface area contributed by atoms with Crippen LogP contribution in [0.5, 0.6) is 5.75 Å². The fourth-order valence-corrected chi connectivity index (χ4v) is 2.14. The molecule has 106 valence electrons. The molecule has 0 aliphatic carbocycles. The van der Waals surface area contributed by atoms with Crippen LogP contribution in [-0.4, -0.2) is 11.0 Å². The molecule has 1 unspecified atom stereocenters. The summed E-state index contributed by atoms with van der Waals surface area (Å²) in [5.74, 6) is 0.685. The summed E-state index contributed by atoms with van der Waals surface area (Å²) in [6.45, 7) is 2.54. The van der Waals surface area contributed by atoms with Crippen LogP contribution in [0.2, 0.25) is 5.02 Å². The van der Waals surface area contributed by atoms with Crippen LogP contribution in [0.3, 0.4) is 0 Å². The lowest BCUT2D eigenvalue weighted by molar-refractivity contribution is 0.306. The number of hydrogen-bond donors (Lipinski definition) is 1. The third-order valence-electron chi connectivity index (χ3n) is 3.14. The van der Waals surface area contributed by atoms with Crippen LogP contribution in [0.15, 0.2) is 42.7 Å². The van der Waals surface area contributed by atoms with Crippen molar-refractivity contribution in [1.29, 1.82) is 0 Å². The van der Waals surface area contributed by atoms with E-state index in [4.69, 9.17) is 22.1 Å². The van der Waals surface area contributed by atoms with Crippen molar-refractivity contribution in [2.24, 2.45) is 5.73 Å². The summed E-state index contributed by atoms with van der Waals surface area (Å²) in [4.78, 5) is 4.05. The van der Waals surface area contributed by atoms with Crippen molar-refractivity contribution in [2.45, 2.75) is 32.4 Å². The zero-order valence-corrected chi connectivity index (χ0v) is 12.3. The number of rotatable bonds is 6. The van der Waals surface area contributed by atoms with Gasteiger partial charge in [-0.25, -0.2) is 0 Å². The van der Waals surface area contributed by atoms with Crippen LogP contribution >= 0.6 is 11.6 Å². The normalized spacial score (nSPS) is 12.2. The minimum absolute atomic E-state index is 0.174. The topological polar surface area (TPSA) is 48.1 Å². The second-order valence-electron chi connectivity index (χ2n) is 4.79. The van der Waals surface area contributed by atoms with Crippen molar-refractivity contribution in [2.75, 3.05) is 0 Å². The Kier molecular flexibility index (Phi) is 5.39. The molecule has 0 aliphatic rings. The van der Waals surface area contributed by atoms with Gasteiger partial charge in [-0.1, -0.05) is 30.7 Å². The monoisotopic (exact) mass is 290 g/mol. The molecular formula is C16H19ClN2O. The van der Waals surface area contributed by atoms with Gasteiger partial charge in [0.15, 0.2) is 0 Å². The smallest absolute Gasteiger partial charge is 0.138 e. The van der Waals surface area contributed by atoms with Gasteiger partial charge in [-0.15, -0.1) is 0 Å². The molecule has 1 aromatic heterocycles. The molecule has 0 fully saturated rings. The first-order valence-corrected chi connectivity index (χ1v) is 7.12. The Labute approximate surface area is 124 Å². The van der Waals surface area contributed by atoms with Crippen molar-refractivity contribution in [3.05, 3.63) is 58.9 Å². The summed E-state index contributed by atoms with van der Waals surface area (Å²) in [5.41, 5.74) is 8.10. The van der Waals surface area contributed by atoms with Crippen LogP contribution in [0.25, 0.3) is 0 Å². The van der Waals surface area contributed by atoms with Crippen LogP contribution in [0.4, 0.5) is 0 Å². The average Bonchev–Trinajstić information content (AvgIpc) is 2.47. The highest BCUT2D eigenvalue weighted by Gasteiger charge is 2.06. The van der Waals surface area contributed by atoms with Crippen molar-refractivity contribution in [3.8, 4) is 5.75 Å². The van der Waals surface area contributed by atoms with Crippen molar-refractivity contribution in [3.63, 3.8) is 0 Å². The Balaban J connectivity index is 1.99. The van der Waals surface area contributed by atoms with Crippen LogP contribution < -0.4 is 10.5 Å². The summed E-state index contributed by atoms with van der Waals surface area (Å²) < 4.78 is 5.71. The van der Waals surface area contributed by atoms with Gasteiger partial charge in [0.05, 0.1) is 5.02 Å². The molecule has 4 heteroatoms. The molecule has 0 saturated carbocycles. The van der Waals surface area contributed by atoms with Crippen LogP contribution in [0.1, 0.15) is 24.5 Å². The van der Waals surface area contributed by atoms with Gasteiger partial charge in [-0.05, 0) is 36.6 Å². The first-order valence-electron chi connectivity index (χ1n) is 6.74. The predicted molar refractivity (Wildman–Crippen MR) is 82.0 cm³/mol. The van der Waals surface area contributed by atoms with E-state index in [-0.39, 0.29) is 6.04 Å². The number of hydrogen-bond acceptors (Lipinski definition) is 3. The molecule has 0 amide bonds. The lowest BCUT2D eigenvalue weighted by Crippen LogP contribution is -2.21. The fraction of sp³-hybridized carbons (Fsp3) is 0.312. The van der Waals surface area contributed by atoms with Gasteiger partial charge in [-0.2, -0.15) is 0 Å². The molecule has 1 aromatic carbocycles. The maximum Gasteiger partial charge on any atom is 0.138 e. The van der Waals surface area contributed by atoms with E-state index in [2.05, 4.69) is 11.9 Å². The highest BCUT2D eigenvalue weighted by atomic mass is 35.5. The van der Waals surface area contributed by atoms with E-state index in [0.717, 1.165) is 24.0 Å². The minimum atomic E-state index is 0.174. The highest BCUT2D eigenvalue weighted by Crippen LogP contribution is 2.26. The Bertz CT molecular complexity index is 545. The van der Waals surface area contributed by atoms with Gasteiger partial charge in [0.1, 0.15) is 12.4 Å². The van der Waals surface area contributed by atoms with Gasteiger partial charge < -0.3 is 10.5 Å². The van der Waals surface area contributed by atoms with E-state index >= 15 is 0 Å². The highest BCUT2D eigenvalue weighted by molar-refractivity contribution is 6.32. The van der Waals surface area contributed by atoms with Crippen LogP contribution in [-0.2, 0) is 13.0 Å². The van der Waals surface area contributed by atoms with Crippen LogP contribution in [0, 0.1) is 0 Å². The van der Waals surface area contributed by atoms with E-state index in [1.54, 1.807) is 12.4 Å². The molecule has 2 N–H and O–H groups in total. The van der Waals surface area contributed by atoms with Crippen molar-refractivity contribution in [1.82, 2.24) is 4.98 Å². The number of halogens is 1. The van der Waals surface area contributed by atoms with Gasteiger partial charge >= 0.3 is 0 Å². The largest absolute Gasteiger partial charge is 0.487 e. The molecule has 20 heavy (non-hydrogen) atoms. The van der Waals surface area contributed by atoms with Crippen molar-refractivity contribution >= 4 is 11.6 Å². The third kappa shape index (κ3) is 4.22. The molecular weight excluding hydrogens is 272 g/mol. The predicted octanol–water partition coefficient (Wildman–Crippen LogP) is 3.59. The van der Waals surface area contributed by atoms with E-state index in [1.165, 1.54) is 0 Å². The van der Waals surface area contributed by atoms with Gasteiger partial charge in [-0.3, -0.25) is 4.98 Å². The van der Waals surface area contributed by atoms with E-state index < -0.39 is 0 Å². The molecule has 0 spiro atoms. The molecule has 1 atom stereocenters. The summed E-state index contributed by atoms with van der Waals surface area (Å²) >= 11 is 6.24. The summed E-state index contributed by atoms with van der Waals surface area (Å²) in [6, 6.07) is 9.87. The maximum absolute atomic E-state index is 6.24. The number of nitrogens with two attached hydrogens (primary N) is 1. The molecule has 0 aliphatic heterocycles. The lowest BCUT2D eigenvalue weighted by Gasteiger charge is -2.12. The summed E-state index contributed by atoms with van der Waals surface area (Å²) in [7, 11) is 0. The first kappa shape index (κ1) is 14.8. The quantitative estimate of drug-likeness (QED) is 0.884. The third-order valence-corrected chi connectivity index (χ3v) is 3.43. The number of ether oxygens (including phenoxy) is 1. The number of aromatic nitrogens is 1.